The monoisotopic (exact) mass is 444 g/mol. The van der Waals surface area contributed by atoms with Crippen molar-refractivity contribution in [2.24, 2.45) is 0 Å². The van der Waals surface area contributed by atoms with Crippen molar-refractivity contribution in [1.29, 1.82) is 0 Å². The van der Waals surface area contributed by atoms with E-state index >= 15 is 0 Å². The fraction of sp³-hybridized carbons (Fsp3) is 0.294. The zero-order chi connectivity index (χ0) is 19.9. The summed E-state index contributed by atoms with van der Waals surface area (Å²) >= 11 is 6.16. The van der Waals surface area contributed by atoms with Gasteiger partial charge in [-0.15, -0.1) is 0 Å². The number of nitrogens with one attached hydrogen (secondary N) is 1. The van der Waals surface area contributed by atoms with E-state index in [2.05, 4.69) is 4.72 Å². The fourth-order valence-corrected chi connectivity index (χ4v) is 5.99. The van der Waals surface area contributed by atoms with Crippen LogP contribution in [0.15, 0.2) is 41.3 Å². The van der Waals surface area contributed by atoms with Crippen LogP contribution < -0.4 is 18.5 Å². The Balaban J connectivity index is 1.64. The molecule has 0 saturated carbocycles. The molecule has 0 spiro atoms. The SMILES string of the molecule is O=S(=O)(Nc1ccc(Cl)c(N2CCCS2(=O)=O)c1)c1ccc2c(c1)OCCO2. The summed E-state index contributed by atoms with van der Waals surface area (Å²) in [6.07, 6.45) is 0.492. The minimum Gasteiger partial charge on any atom is -0.486 e. The molecule has 2 aliphatic rings. The zero-order valence-corrected chi connectivity index (χ0v) is 17.0. The van der Waals surface area contributed by atoms with Gasteiger partial charge in [-0.3, -0.25) is 9.03 Å². The quantitative estimate of drug-likeness (QED) is 0.777. The van der Waals surface area contributed by atoms with E-state index in [9.17, 15) is 16.8 Å². The van der Waals surface area contributed by atoms with Gasteiger partial charge >= 0.3 is 0 Å². The molecule has 0 radical (unpaired) electrons. The molecule has 11 heteroatoms. The van der Waals surface area contributed by atoms with Gasteiger partial charge in [0.2, 0.25) is 10.0 Å². The highest BCUT2D eigenvalue weighted by Crippen LogP contribution is 2.35. The van der Waals surface area contributed by atoms with Gasteiger partial charge in [0.25, 0.3) is 10.0 Å². The second-order valence-electron chi connectivity index (χ2n) is 6.32. The average Bonchev–Trinajstić information content (AvgIpc) is 3.01. The summed E-state index contributed by atoms with van der Waals surface area (Å²) in [5.74, 6) is 0.878. The molecule has 2 heterocycles. The molecule has 2 aromatic carbocycles. The molecule has 28 heavy (non-hydrogen) atoms. The number of hydrogen-bond acceptors (Lipinski definition) is 6. The predicted octanol–water partition coefficient (Wildman–Crippen LogP) is 2.45. The summed E-state index contributed by atoms with van der Waals surface area (Å²) in [6, 6.07) is 8.70. The zero-order valence-electron chi connectivity index (χ0n) is 14.6. The summed E-state index contributed by atoms with van der Waals surface area (Å²) in [5, 5.41) is 0.229. The number of benzene rings is 2. The Labute approximate surface area is 168 Å². The first-order valence-corrected chi connectivity index (χ1v) is 12.0. The predicted molar refractivity (Wildman–Crippen MR) is 105 cm³/mol. The number of sulfonamides is 2. The third kappa shape index (κ3) is 3.59. The maximum absolute atomic E-state index is 12.8. The minimum atomic E-state index is -3.93. The van der Waals surface area contributed by atoms with Crippen molar-refractivity contribution >= 4 is 43.0 Å². The second kappa shape index (κ2) is 7.02. The molecule has 150 valence electrons. The third-order valence-corrected chi connectivity index (χ3v) is 7.94. The van der Waals surface area contributed by atoms with Crippen LogP contribution in [0.3, 0.4) is 0 Å². The van der Waals surface area contributed by atoms with E-state index in [0.717, 1.165) is 0 Å². The largest absolute Gasteiger partial charge is 0.486 e. The summed E-state index contributed by atoms with van der Waals surface area (Å²) in [6.45, 7) is 1.06. The van der Waals surface area contributed by atoms with Gasteiger partial charge in [0.05, 0.1) is 27.0 Å². The van der Waals surface area contributed by atoms with Crippen molar-refractivity contribution in [2.75, 3.05) is 34.5 Å². The molecule has 0 atom stereocenters. The third-order valence-electron chi connectivity index (χ3n) is 4.39. The van der Waals surface area contributed by atoms with Gasteiger partial charge in [0.1, 0.15) is 13.2 Å². The molecule has 0 bridgehead atoms. The van der Waals surface area contributed by atoms with E-state index in [0.29, 0.717) is 37.7 Å². The second-order valence-corrected chi connectivity index (χ2v) is 10.4. The first-order chi connectivity index (χ1) is 13.3. The number of nitrogens with zero attached hydrogens (tertiary/aromatic N) is 1. The first-order valence-electron chi connectivity index (χ1n) is 8.49. The topological polar surface area (TPSA) is 102 Å². The molecular formula is C17H17ClN2O6S2. The number of fused-ring (bicyclic) bond motifs is 1. The highest BCUT2D eigenvalue weighted by Gasteiger charge is 2.30. The summed E-state index contributed by atoms with van der Waals surface area (Å²) in [4.78, 5) is 0.00189. The van der Waals surface area contributed by atoms with Gasteiger partial charge in [0.15, 0.2) is 11.5 Å². The van der Waals surface area contributed by atoms with Crippen LogP contribution in [-0.2, 0) is 20.0 Å². The van der Waals surface area contributed by atoms with Gasteiger partial charge in [-0.25, -0.2) is 16.8 Å². The smallest absolute Gasteiger partial charge is 0.262 e. The molecule has 0 unspecified atom stereocenters. The van der Waals surface area contributed by atoms with Crippen LogP contribution in [0.4, 0.5) is 11.4 Å². The Bertz CT molecular complexity index is 1130. The van der Waals surface area contributed by atoms with Crippen molar-refractivity contribution in [2.45, 2.75) is 11.3 Å². The first kappa shape index (κ1) is 19.2. The standard InChI is InChI=1S/C17H17ClN2O6S2/c18-14-4-2-12(10-15(14)20-6-1-9-27(20,21)22)19-28(23,24)13-3-5-16-17(11-13)26-8-7-25-16/h2-5,10-11,19H,1,6-9H2. The summed E-state index contributed by atoms with van der Waals surface area (Å²) < 4.78 is 64.3. The van der Waals surface area contributed by atoms with Crippen LogP contribution in [-0.4, -0.2) is 42.3 Å². The summed E-state index contributed by atoms with van der Waals surface area (Å²) in [7, 11) is -7.37. The fourth-order valence-electron chi connectivity index (χ4n) is 3.08. The molecule has 1 fully saturated rings. The van der Waals surface area contributed by atoms with E-state index in [-0.39, 0.29) is 27.0 Å². The molecule has 1 N–H and O–H groups in total. The lowest BCUT2D eigenvalue weighted by Gasteiger charge is -2.20. The van der Waals surface area contributed by atoms with Crippen LogP contribution in [0, 0.1) is 0 Å². The Morgan fingerprint density at radius 2 is 1.79 bits per heavy atom. The Morgan fingerprint density at radius 1 is 1.04 bits per heavy atom. The van der Waals surface area contributed by atoms with Crippen molar-refractivity contribution in [1.82, 2.24) is 0 Å². The van der Waals surface area contributed by atoms with Crippen molar-refractivity contribution < 1.29 is 26.3 Å². The summed E-state index contributed by atoms with van der Waals surface area (Å²) in [5.41, 5.74) is 0.456. The van der Waals surface area contributed by atoms with Crippen molar-refractivity contribution in [3.8, 4) is 11.5 Å². The van der Waals surface area contributed by atoms with Gasteiger partial charge < -0.3 is 9.47 Å². The lowest BCUT2D eigenvalue weighted by molar-refractivity contribution is 0.171. The molecular weight excluding hydrogens is 428 g/mol. The van der Waals surface area contributed by atoms with Crippen LogP contribution >= 0.6 is 11.6 Å². The van der Waals surface area contributed by atoms with Gasteiger partial charge in [0, 0.05) is 12.6 Å². The number of ether oxygens (including phenoxy) is 2. The highest BCUT2D eigenvalue weighted by molar-refractivity contribution is 7.93. The van der Waals surface area contributed by atoms with E-state index in [1.165, 1.54) is 40.7 Å². The van der Waals surface area contributed by atoms with Gasteiger partial charge in [-0.05, 0) is 36.8 Å². The van der Waals surface area contributed by atoms with Crippen molar-refractivity contribution in [3.05, 3.63) is 41.4 Å². The molecule has 1 saturated heterocycles. The normalized spacial score (nSPS) is 18.1. The molecule has 4 rings (SSSR count). The molecule has 0 amide bonds. The molecule has 0 aliphatic carbocycles. The lowest BCUT2D eigenvalue weighted by Crippen LogP contribution is -2.25. The van der Waals surface area contributed by atoms with Crippen molar-refractivity contribution in [3.63, 3.8) is 0 Å². The molecule has 2 aromatic rings. The number of rotatable bonds is 4. The average molecular weight is 445 g/mol. The van der Waals surface area contributed by atoms with Crippen LogP contribution in [0.1, 0.15) is 6.42 Å². The van der Waals surface area contributed by atoms with Gasteiger partial charge in [-0.2, -0.15) is 0 Å². The van der Waals surface area contributed by atoms with E-state index < -0.39 is 20.0 Å². The Morgan fingerprint density at radius 3 is 2.50 bits per heavy atom. The lowest BCUT2D eigenvalue weighted by atomic mass is 10.3. The van der Waals surface area contributed by atoms with Crippen LogP contribution in [0.25, 0.3) is 0 Å². The maximum Gasteiger partial charge on any atom is 0.262 e. The van der Waals surface area contributed by atoms with Gasteiger partial charge in [-0.1, -0.05) is 11.6 Å². The Hall–Kier alpha value is -2.17. The molecule has 2 aliphatic heterocycles. The van der Waals surface area contributed by atoms with Crippen LogP contribution in [0.2, 0.25) is 5.02 Å². The van der Waals surface area contributed by atoms with E-state index in [1.807, 2.05) is 0 Å². The number of hydrogen-bond donors (Lipinski definition) is 1. The maximum atomic E-state index is 12.8. The van der Waals surface area contributed by atoms with Crippen LogP contribution in [0.5, 0.6) is 11.5 Å². The highest BCUT2D eigenvalue weighted by atomic mass is 35.5. The Kier molecular flexibility index (Phi) is 4.80. The molecule has 0 aromatic heterocycles. The van der Waals surface area contributed by atoms with E-state index in [1.54, 1.807) is 0 Å². The molecule has 8 nitrogen and oxygen atoms in total. The number of halogens is 1. The number of anilines is 2. The minimum absolute atomic E-state index is 0.00189. The van der Waals surface area contributed by atoms with E-state index in [4.69, 9.17) is 21.1 Å².